The molecule has 1 saturated heterocycles. The topological polar surface area (TPSA) is 38.5 Å². The van der Waals surface area contributed by atoms with Gasteiger partial charge in [-0.2, -0.15) is 0 Å². The summed E-state index contributed by atoms with van der Waals surface area (Å²) in [4.78, 5) is 2.52. The van der Waals surface area contributed by atoms with Crippen molar-refractivity contribution in [1.29, 1.82) is 0 Å². The lowest BCUT2D eigenvalue weighted by molar-refractivity contribution is 0.0935. The number of likely N-dealkylation sites (tertiary alicyclic amines) is 1. The van der Waals surface area contributed by atoms with Gasteiger partial charge in [0.1, 0.15) is 11.9 Å². The third-order valence-electron chi connectivity index (χ3n) is 4.22. The lowest BCUT2D eigenvalue weighted by Gasteiger charge is -2.36. The highest BCUT2D eigenvalue weighted by atomic mass is 79.9. The van der Waals surface area contributed by atoms with E-state index in [1.165, 1.54) is 31.4 Å². The second-order valence-corrected chi connectivity index (χ2v) is 6.49. The van der Waals surface area contributed by atoms with Gasteiger partial charge in [-0.05, 0) is 43.1 Å². The molecule has 2 N–H and O–H groups in total. The smallest absolute Gasteiger partial charge is 0.123 e. The Morgan fingerprint density at radius 3 is 3.11 bits per heavy atom. The molecule has 104 valence electrons. The Morgan fingerprint density at radius 1 is 1.37 bits per heavy atom. The summed E-state index contributed by atoms with van der Waals surface area (Å²) in [6.07, 6.45) is 5.15. The van der Waals surface area contributed by atoms with Crippen molar-refractivity contribution in [1.82, 2.24) is 4.90 Å². The minimum atomic E-state index is 0.288. The van der Waals surface area contributed by atoms with Crippen molar-refractivity contribution in [3.8, 4) is 5.75 Å². The van der Waals surface area contributed by atoms with Crippen LogP contribution < -0.4 is 10.5 Å². The predicted molar refractivity (Wildman–Crippen MR) is 80.5 cm³/mol. The van der Waals surface area contributed by atoms with Crippen LogP contribution >= 0.6 is 15.9 Å². The SMILES string of the molecule is NCC1CCCCN1CC1Cc2cc(Br)ccc2O1. The molecule has 1 aromatic carbocycles. The summed E-state index contributed by atoms with van der Waals surface area (Å²) >= 11 is 3.52. The molecule has 0 bridgehead atoms. The Hall–Kier alpha value is -0.580. The van der Waals surface area contributed by atoms with Gasteiger partial charge in [-0.25, -0.2) is 0 Å². The maximum atomic E-state index is 6.05. The van der Waals surface area contributed by atoms with Gasteiger partial charge in [-0.3, -0.25) is 4.90 Å². The number of piperidine rings is 1. The van der Waals surface area contributed by atoms with Gasteiger partial charge in [0.25, 0.3) is 0 Å². The summed E-state index contributed by atoms with van der Waals surface area (Å²) in [6, 6.07) is 6.83. The van der Waals surface area contributed by atoms with Crippen LogP contribution in [0.25, 0.3) is 0 Å². The Labute approximate surface area is 123 Å². The molecule has 2 atom stereocenters. The van der Waals surface area contributed by atoms with Crippen LogP contribution in [0.15, 0.2) is 22.7 Å². The zero-order chi connectivity index (χ0) is 13.2. The molecule has 0 aromatic heterocycles. The van der Waals surface area contributed by atoms with Crippen LogP contribution in [0, 0.1) is 0 Å². The van der Waals surface area contributed by atoms with Crippen LogP contribution in [0.4, 0.5) is 0 Å². The fourth-order valence-corrected chi connectivity index (χ4v) is 3.63. The molecule has 19 heavy (non-hydrogen) atoms. The van der Waals surface area contributed by atoms with Crippen LogP contribution in [0.2, 0.25) is 0 Å². The fraction of sp³-hybridized carbons (Fsp3) is 0.600. The first kappa shape index (κ1) is 13.4. The highest BCUT2D eigenvalue weighted by Gasteiger charge is 2.28. The first-order chi connectivity index (χ1) is 9.26. The number of hydrogen-bond donors (Lipinski definition) is 1. The summed E-state index contributed by atoms with van der Waals surface area (Å²) in [6.45, 7) is 2.95. The molecule has 3 nitrogen and oxygen atoms in total. The van der Waals surface area contributed by atoms with E-state index in [2.05, 4.69) is 33.0 Å². The standard InChI is InChI=1S/C15H21BrN2O/c16-12-4-5-15-11(7-12)8-14(19-15)10-18-6-2-1-3-13(18)9-17/h4-5,7,13-14H,1-3,6,8-10,17H2. The van der Waals surface area contributed by atoms with E-state index in [0.29, 0.717) is 6.04 Å². The van der Waals surface area contributed by atoms with Crippen LogP contribution in [-0.2, 0) is 6.42 Å². The number of ether oxygens (including phenoxy) is 1. The number of rotatable bonds is 3. The molecule has 0 radical (unpaired) electrons. The van der Waals surface area contributed by atoms with Gasteiger partial charge in [0.15, 0.2) is 0 Å². The molecule has 3 rings (SSSR count). The number of hydrogen-bond acceptors (Lipinski definition) is 3. The number of benzene rings is 1. The summed E-state index contributed by atoms with van der Waals surface area (Å²) in [5.41, 5.74) is 7.20. The van der Waals surface area contributed by atoms with Crippen LogP contribution in [0.3, 0.4) is 0 Å². The lowest BCUT2D eigenvalue weighted by Crippen LogP contribution is -2.48. The van der Waals surface area contributed by atoms with Crippen molar-refractivity contribution in [3.63, 3.8) is 0 Å². The molecule has 0 saturated carbocycles. The van der Waals surface area contributed by atoms with E-state index in [4.69, 9.17) is 10.5 Å². The van der Waals surface area contributed by atoms with E-state index in [1.807, 2.05) is 6.07 Å². The second kappa shape index (κ2) is 5.81. The number of nitrogens with zero attached hydrogens (tertiary/aromatic N) is 1. The monoisotopic (exact) mass is 324 g/mol. The van der Waals surface area contributed by atoms with Crippen LogP contribution in [0.1, 0.15) is 24.8 Å². The zero-order valence-electron chi connectivity index (χ0n) is 11.1. The summed E-state index contributed by atoms with van der Waals surface area (Å²) in [7, 11) is 0. The van der Waals surface area contributed by atoms with Gasteiger partial charge < -0.3 is 10.5 Å². The van der Waals surface area contributed by atoms with Gasteiger partial charge in [-0.15, -0.1) is 0 Å². The molecule has 4 heteroatoms. The third kappa shape index (κ3) is 2.96. The molecule has 1 fully saturated rings. The van der Waals surface area contributed by atoms with Crippen LogP contribution in [-0.4, -0.2) is 36.7 Å². The van der Waals surface area contributed by atoms with Crippen molar-refractivity contribution < 1.29 is 4.74 Å². The van der Waals surface area contributed by atoms with Crippen molar-refractivity contribution in [2.24, 2.45) is 5.73 Å². The maximum Gasteiger partial charge on any atom is 0.123 e. The molecule has 2 heterocycles. The van der Waals surface area contributed by atoms with E-state index >= 15 is 0 Å². The first-order valence-electron chi connectivity index (χ1n) is 7.15. The Bertz CT molecular complexity index is 452. The average molecular weight is 325 g/mol. The normalized spacial score (nSPS) is 27.1. The Kier molecular flexibility index (Phi) is 4.10. The molecule has 0 amide bonds. The first-order valence-corrected chi connectivity index (χ1v) is 7.95. The van der Waals surface area contributed by atoms with Gasteiger partial charge in [0.2, 0.25) is 0 Å². The number of fused-ring (bicyclic) bond motifs is 1. The minimum absolute atomic E-state index is 0.288. The highest BCUT2D eigenvalue weighted by molar-refractivity contribution is 9.10. The quantitative estimate of drug-likeness (QED) is 0.928. The van der Waals surface area contributed by atoms with Gasteiger partial charge in [0, 0.05) is 30.0 Å². The average Bonchev–Trinajstić information content (AvgIpc) is 2.80. The molecule has 2 unspecified atom stereocenters. The molecule has 0 spiro atoms. The molecule has 1 aromatic rings. The zero-order valence-corrected chi connectivity index (χ0v) is 12.7. The van der Waals surface area contributed by atoms with Gasteiger partial charge in [-0.1, -0.05) is 22.4 Å². The summed E-state index contributed by atoms with van der Waals surface area (Å²) in [5.74, 6) is 1.05. The van der Waals surface area contributed by atoms with E-state index in [0.717, 1.165) is 29.7 Å². The minimum Gasteiger partial charge on any atom is -0.488 e. The second-order valence-electron chi connectivity index (χ2n) is 5.58. The fourth-order valence-electron chi connectivity index (χ4n) is 3.22. The van der Waals surface area contributed by atoms with Crippen molar-refractivity contribution in [3.05, 3.63) is 28.2 Å². The molecule has 0 aliphatic carbocycles. The van der Waals surface area contributed by atoms with Crippen molar-refractivity contribution in [2.45, 2.75) is 37.8 Å². The number of nitrogens with two attached hydrogens (primary N) is 1. The van der Waals surface area contributed by atoms with E-state index < -0.39 is 0 Å². The summed E-state index contributed by atoms with van der Waals surface area (Å²) < 4.78 is 7.19. The largest absolute Gasteiger partial charge is 0.488 e. The van der Waals surface area contributed by atoms with E-state index in [-0.39, 0.29) is 6.10 Å². The molecule has 2 aliphatic heterocycles. The molecular weight excluding hydrogens is 304 g/mol. The molecular formula is C15H21BrN2O. The highest BCUT2D eigenvalue weighted by Crippen LogP contribution is 2.32. The van der Waals surface area contributed by atoms with E-state index in [1.54, 1.807) is 0 Å². The third-order valence-corrected chi connectivity index (χ3v) is 4.72. The molecule has 2 aliphatic rings. The lowest BCUT2D eigenvalue weighted by atomic mass is 10.0. The number of halogens is 1. The summed E-state index contributed by atoms with van der Waals surface area (Å²) in [5, 5.41) is 0. The van der Waals surface area contributed by atoms with Crippen LogP contribution in [0.5, 0.6) is 5.75 Å². The van der Waals surface area contributed by atoms with Gasteiger partial charge >= 0.3 is 0 Å². The van der Waals surface area contributed by atoms with Crippen molar-refractivity contribution >= 4 is 15.9 Å². The predicted octanol–water partition coefficient (Wildman–Crippen LogP) is 2.57. The Morgan fingerprint density at radius 2 is 2.26 bits per heavy atom. The van der Waals surface area contributed by atoms with E-state index in [9.17, 15) is 0 Å². The Balaban J connectivity index is 1.63. The van der Waals surface area contributed by atoms with Gasteiger partial charge in [0.05, 0.1) is 0 Å². The van der Waals surface area contributed by atoms with Crippen molar-refractivity contribution in [2.75, 3.05) is 19.6 Å². The maximum absolute atomic E-state index is 6.05.